The van der Waals surface area contributed by atoms with Crippen LogP contribution < -0.4 is 0 Å². The highest BCUT2D eigenvalue weighted by molar-refractivity contribution is 5.98. The molecule has 0 fully saturated rings. The summed E-state index contributed by atoms with van der Waals surface area (Å²) in [4.78, 5) is 0. The van der Waals surface area contributed by atoms with Crippen molar-refractivity contribution in [3.63, 3.8) is 0 Å². The lowest BCUT2D eigenvalue weighted by molar-refractivity contribution is 0.548. The minimum atomic E-state index is -0.337. The third-order valence-corrected chi connectivity index (χ3v) is 4.39. The van der Waals surface area contributed by atoms with Crippen LogP contribution in [0.5, 0.6) is 0 Å². The third kappa shape index (κ3) is 2.96. The van der Waals surface area contributed by atoms with Gasteiger partial charge in [-0.1, -0.05) is 37.3 Å². The van der Waals surface area contributed by atoms with Crippen LogP contribution in [0.2, 0.25) is 0 Å². The van der Waals surface area contributed by atoms with Gasteiger partial charge in [0.15, 0.2) is 0 Å². The molecule has 24 heavy (non-hydrogen) atoms. The summed E-state index contributed by atoms with van der Waals surface area (Å²) < 4.78 is 15.7. The molecule has 0 radical (unpaired) electrons. The van der Waals surface area contributed by atoms with E-state index in [1.807, 2.05) is 18.2 Å². The molecule has 0 aliphatic rings. The highest BCUT2D eigenvalue weighted by Crippen LogP contribution is 2.29. The third-order valence-electron chi connectivity index (χ3n) is 4.39. The van der Waals surface area contributed by atoms with Crippen molar-refractivity contribution in [2.24, 2.45) is 0 Å². The Morgan fingerprint density at radius 2 is 2.04 bits per heavy atom. The maximum atomic E-state index is 13.5. The fourth-order valence-corrected chi connectivity index (χ4v) is 2.90. The number of aromatic nitrogens is 1. The highest BCUT2D eigenvalue weighted by atomic mass is 19.1. The Labute approximate surface area is 141 Å². The number of hydrogen-bond acceptors (Lipinski definition) is 1. The van der Waals surface area contributed by atoms with Crippen LogP contribution >= 0.6 is 0 Å². The number of para-hydroxylation sites is 1. The highest BCUT2D eigenvalue weighted by Gasteiger charge is 2.11. The first-order valence-electron chi connectivity index (χ1n) is 8.11. The molecule has 0 amide bonds. The predicted molar refractivity (Wildman–Crippen MR) is 96.8 cm³/mol. The van der Waals surface area contributed by atoms with Crippen molar-refractivity contribution < 1.29 is 4.39 Å². The standard InChI is InChI=1S/C21H19FN2/c1-3-15(2)24-14-18(20-9-4-5-10-21(20)24)11-17(13-23)16-7-6-8-19(22)12-16/h4-12,14-15H,3H2,1-2H3/b17-11-/t15-/m1/s1. The zero-order valence-corrected chi connectivity index (χ0v) is 13.8. The molecule has 2 aromatic carbocycles. The van der Waals surface area contributed by atoms with Crippen LogP contribution in [-0.2, 0) is 0 Å². The Hall–Kier alpha value is -2.86. The molecule has 1 atom stereocenters. The van der Waals surface area contributed by atoms with Crippen molar-refractivity contribution in [1.82, 2.24) is 4.57 Å². The molecule has 0 aliphatic heterocycles. The number of allylic oxidation sites excluding steroid dienone is 1. The molecule has 120 valence electrons. The summed E-state index contributed by atoms with van der Waals surface area (Å²) >= 11 is 0. The molecule has 1 heterocycles. The normalized spacial score (nSPS) is 13.0. The maximum Gasteiger partial charge on any atom is 0.123 e. The summed E-state index contributed by atoms with van der Waals surface area (Å²) in [6.07, 6.45) is 4.95. The summed E-state index contributed by atoms with van der Waals surface area (Å²) in [5.41, 5.74) is 3.18. The van der Waals surface area contributed by atoms with Gasteiger partial charge in [-0.25, -0.2) is 4.39 Å². The van der Waals surface area contributed by atoms with Crippen LogP contribution in [0.1, 0.15) is 37.4 Å². The molecule has 0 N–H and O–H groups in total. The number of halogens is 1. The van der Waals surface area contributed by atoms with Crippen LogP contribution in [0.25, 0.3) is 22.6 Å². The molecule has 0 aliphatic carbocycles. The molecule has 3 heteroatoms. The summed E-state index contributed by atoms with van der Waals surface area (Å²) in [7, 11) is 0. The van der Waals surface area contributed by atoms with Gasteiger partial charge in [-0.15, -0.1) is 0 Å². The van der Waals surface area contributed by atoms with E-state index in [2.05, 4.69) is 42.8 Å². The van der Waals surface area contributed by atoms with Gasteiger partial charge < -0.3 is 4.57 Å². The largest absolute Gasteiger partial charge is 0.344 e. The Morgan fingerprint density at radius 3 is 2.75 bits per heavy atom. The zero-order chi connectivity index (χ0) is 17.1. The minimum absolute atomic E-state index is 0.337. The van der Waals surface area contributed by atoms with Crippen molar-refractivity contribution in [2.45, 2.75) is 26.3 Å². The zero-order valence-electron chi connectivity index (χ0n) is 13.8. The van der Waals surface area contributed by atoms with Crippen LogP contribution in [-0.4, -0.2) is 4.57 Å². The summed E-state index contributed by atoms with van der Waals surface area (Å²) in [5.74, 6) is -0.337. The molecule has 3 rings (SSSR count). The monoisotopic (exact) mass is 318 g/mol. The second-order valence-electron chi connectivity index (χ2n) is 5.95. The van der Waals surface area contributed by atoms with Crippen LogP contribution in [0, 0.1) is 17.1 Å². The Bertz CT molecular complexity index is 944. The van der Waals surface area contributed by atoms with Gasteiger partial charge in [-0.05, 0) is 43.2 Å². The molecular formula is C21H19FN2. The average molecular weight is 318 g/mol. The summed E-state index contributed by atoms with van der Waals surface area (Å²) in [6.45, 7) is 4.33. The van der Waals surface area contributed by atoms with Crippen molar-refractivity contribution >= 4 is 22.6 Å². The molecule has 0 bridgehead atoms. The second-order valence-corrected chi connectivity index (χ2v) is 5.95. The second kappa shape index (κ2) is 6.72. The van der Waals surface area contributed by atoms with E-state index in [-0.39, 0.29) is 5.82 Å². The molecule has 0 saturated heterocycles. The van der Waals surface area contributed by atoms with E-state index in [9.17, 15) is 9.65 Å². The smallest absolute Gasteiger partial charge is 0.123 e. The van der Waals surface area contributed by atoms with Gasteiger partial charge in [0, 0.05) is 28.7 Å². The van der Waals surface area contributed by atoms with Gasteiger partial charge in [-0.3, -0.25) is 0 Å². The van der Waals surface area contributed by atoms with E-state index in [4.69, 9.17) is 0 Å². The van der Waals surface area contributed by atoms with E-state index in [1.165, 1.54) is 12.1 Å². The first-order valence-corrected chi connectivity index (χ1v) is 8.11. The maximum absolute atomic E-state index is 13.5. The number of benzene rings is 2. The van der Waals surface area contributed by atoms with Gasteiger partial charge >= 0.3 is 0 Å². The summed E-state index contributed by atoms with van der Waals surface area (Å²) in [6, 6.07) is 16.9. The minimum Gasteiger partial charge on any atom is -0.344 e. The van der Waals surface area contributed by atoms with E-state index in [0.29, 0.717) is 17.2 Å². The molecule has 2 nitrogen and oxygen atoms in total. The molecule has 3 aromatic rings. The number of nitrogens with zero attached hydrogens (tertiary/aromatic N) is 2. The van der Waals surface area contributed by atoms with E-state index >= 15 is 0 Å². The van der Waals surface area contributed by atoms with Gasteiger partial charge in [0.1, 0.15) is 5.82 Å². The van der Waals surface area contributed by atoms with E-state index in [1.54, 1.807) is 12.1 Å². The summed E-state index contributed by atoms with van der Waals surface area (Å²) in [5, 5.41) is 10.6. The number of fused-ring (bicyclic) bond motifs is 1. The van der Waals surface area contributed by atoms with Crippen molar-refractivity contribution in [3.8, 4) is 6.07 Å². The molecule has 0 spiro atoms. The fraction of sp³-hybridized carbons (Fsp3) is 0.190. The lowest BCUT2D eigenvalue weighted by Crippen LogP contribution is -2.01. The number of nitriles is 1. The first kappa shape index (κ1) is 16.0. The topological polar surface area (TPSA) is 28.7 Å². The van der Waals surface area contributed by atoms with Crippen LogP contribution in [0.15, 0.2) is 54.7 Å². The first-order chi connectivity index (χ1) is 11.6. The van der Waals surface area contributed by atoms with E-state index < -0.39 is 0 Å². The fourth-order valence-electron chi connectivity index (χ4n) is 2.90. The molecule has 0 unspecified atom stereocenters. The van der Waals surface area contributed by atoms with Crippen LogP contribution in [0.3, 0.4) is 0 Å². The Morgan fingerprint density at radius 1 is 1.25 bits per heavy atom. The quantitative estimate of drug-likeness (QED) is 0.557. The van der Waals surface area contributed by atoms with E-state index in [0.717, 1.165) is 22.9 Å². The van der Waals surface area contributed by atoms with Crippen molar-refractivity contribution in [3.05, 3.63) is 71.7 Å². The molecule has 0 saturated carbocycles. The Balaban J connectivity index is 2.17. The van der Waals surface area contributed by atoms with Gasteiger partial charge in [-0.2, -0.15) is 5.26 Å². The van der Waals surface area contributed by atoms with Crippen LogP contribution in [0.4, 0.5) is 4.39 Å². The SMILES string of the molecule is CC[C@@H](C)n1cc(/C=C(/C#N)c2cccc(F)c2)c2ccccc21. The Kier molecular flexibility index (Phi) is 4.48. The van der Waals surface area contributed by atoms with Gasteiger partial charge in [0.2, 0.25) is 0 Å². The lowest BCUT2D eigenvalue weighted by atomic mass is 10.0. The molecular weight excluding hydrogens is 299 g/mol. The lowest BCUT2D eigenvalue weighted by Gasteiger charge is -2.12. The number of hydrogen-bond donors (Lipinski definition) is 0. The molecule has 1 aromatic heterocycles. The predicted octanol–water partition coefficient (Wildman–Crippen LogP) is 5.82. The van der Waals surface area contributed by atoms with Gasteiger partial charge in [0.25, 0.3) is 0 Å². The van der Waals surface area contributed by atoms with Crippen molar-refractivity contribution in [2.75, 3.05) is 0 Å². The van der Waals surface area contributed by atoms with Crippen molar-refractivity contribution in [1.29, 1.82) is 5.26 Å². The number of rotatable bonds is 4. The van der Waals surface area contributed by atoms with Gasteiger partial charge in [0.05, 0.1) is 11.6 Å². The average Bonchev–Trinajstić information content (AvgIpc) is 2.97.